The first kappa shape index (κ1) is 13.5. The molecule has 0 saturated carbocycles. The van der Waals surface area contributed by atoms with Crippen LogP contribution in [0.15, 0.2) is 0 Å². The maximum Gasteiger partial charge on any atom is 0.246 e. The molecule has 0 aromatic rings. The molecule has 0 aromatic heterocycles. The highest BCUT2D eigenvalue weighted by Crippen LogP contribution is 2.17. The van der Waals surface area contributed by atoms with E-state index in [1.165, 1.54) is 20.0 Å². The number of amides is 1. The van der Waals surface area contributed by atoms with Crippen molar-refractivity contribution < 1.29 is 9.53 Å². The van der Waals surface area contributed by atoms with Gasteiger partial charge in [0.2, 0.25) is 5.91 Å². The number of methoxy groups -OCH3 is 1. The van der Waals surface area contributed by atoms with Crippen LogP contribution in [-0.2, 0) is 9.53 Å². The largest absolute Gasteiger partial charge is 0.375 e. The molecule has 1 N–H and O–H groups in total. The number of nitrogens with zero attached hydrogens (tertiary/aromatic N) is 1. The molecule has 1 aliphatic rings. The van der Waals surface area contributed by atoms with Crippen molar-refractivity contribution >= 4 is 5.91 Å². The van der Waals surface area contributed by atoms with Crippen molar-refractivity contribution in [3.63, 3.8) is 0 Å². The fourth-order valence-corrected chi connectivity index (χ4v) is 2.20. The number of carbonyl (C=O) groups is 1. The van der Waals surface area contributed by atoms with Crippen LogP contribution < -0.4 is 5.32 Å². The summed E-state index contributed by atoms with van der Waals surface area (Å²) < 4.78 is 4.77. The lowest BCUT2D eigenvalue weighted by Crippen LogP contribution is -2.46. The minimum atomic E-state index is -0.0283. The lowest BCUT2D eigenvalue weighted by atomic mass is 9.99. The van der Waals surface area contributed by atoms with Gasteiger partial charge in [0, 0.05) is 26.2 Å². The highest BCUT2D eigenvalue weighted by molar-refractivity contribution is 5.77. The number of ether oxygens (including phenoxy) is 1. The Labute approximate surface area is 98.3 Å². The first-order chi connectivity index (χ1) is 7.63. The summed E-state index contributed by atoms with van der Waals surface area (Å²) in [7, 11) is 1.54. The maximum absolute atomic E-state index is 11.2. The van der Waals surface area contributed by atoms with E-state index < -0.39 is 0 Å². The molecule has 1 fully saturated rings. The molecular formula is C12H24N2O2. The van der Waals surface area contributed by atoms with Crippen molar-refractivity contribution in [1.82, 2.24) is 10.2 Å². The SMILES string of the molecule is COCC(=O)NC[C@@H](C)N1CCC[C@H](C)C1. The van der Waals surface area contributed by atoms with Crippen LogP contribution in [0.25, 0.3) is 0 Å². The van der Waals surface area contributed by atoms with Crippen LogP contribution in [0.5, 0.6) is 0 Å². The van der Waals surface area contributed by atoms with E-state index in [1.54, 1.807) is 0 Å². The van der Waals surface area contributed by atoms with Gasteiger partial charge < -0.3 is 10.1 Å². The number of nitrogens with one attached hydrogen (secondary N) is 1. The second kappa shape index (κ2) is 6.86. The van der Waals surface area contributed by atoms with Crippen LogP contribution in [0, 0.1) is 5.92 Å². The Bertz CT molecular complexity index is 221. The van der Waals surface area contributed by atoms with Crippen molar-refractivity contribution in [2.45, 2.75) is 32.7 Å². The van der Waals surface area contributed by atoms with Gasteiger partial charge >= 0.3 is 0 Å². The molecule has 1 amide bonds. The summed E-state index contributed by atoms with van der Waals surface area (Å²) in [6, 6.07) is 0.420. The molecule has 4 nitrogen and oxygen atoms in total. The zero-order valence-corrected chi connectivity index (χ0v) is 10.7. The summed E-state index contributed by atoms with van der Waals surface area (Å²) >= 11 is 0. The highest BCUT2D eigenvalue weighted by Gasteiger charge is 2.20. The van der Waals surface area contributed by atoms with Crippen molar-refractivity contribution in [3.8, 4) is 0 Å². The molecule has 16 heavy (non-hydrogen) atoms. The lowest BCUT2D eigenvalue weighted by Gasteiger charge is -2.35. The maximum atomic E-state index is 11.2. The molecule has 0 spiro atoms. The Morgan fingerprint density at radius 3 is 3.00 bits per heavy atom. The summed E-state index contributed by atoms with van der Waals surface area (Å²) in [5.41, 5.74) is 0. The molecule has 4 heteroatoms. The second-order valence-electron chi connectivity index (χ2n) is 4.83. The lowest BCUT2D eigenvalue weighted by molar-refractivity contribution is -0.125. The summed E-state index contributed by atoms with van der Waals surface area (Å²) in [4.78, 5) is 13.7. The van der Waals surface area contributed by atoms with E-state index in [-0.39, 0.29) is 12.5 Å². The average Bonchev–Trinajstić information content (AvgIpc) is 2.26. The molecule has 0 unspecified atom stereocenters. The molecule has 1 rings (SSSR count). The average molecular weight is 228 g/mol. The summed E-state index contributed by atoms with van der Waals surface area (Å²) in [5.74, 6) is 0.755. The zero-order valence-electron chi connectivity index (χ0n) is 10.7. The van der Waals surface area contributed by atoms with Gasteiger partial charge in [0.1, 0.15) is 6.61 Å². The van der Waals surface area contributed by atoms with Gasteiger partial charge in [-0.2, -0.15) is 0 Å². The molecular weight excluding hydrogens is 204 g/mol. The predicted octanol–water partition coefficient (Wildman–Crippen LogP) is 0.869. The van der Waals surface area contributed by atoms with E-state index in [2.05, 4.69) is 24.1 Å². The standard InChI is InChI=1S/C12H24N2O2/c1-10-5-4-6-14(8-10)11(2)7-13-12(15)9-16-3/h10-11H,4-9H2,1-3H3,(H,13,15)/t10-,11+/m0/s1. The normalized spacial score (nSPS) is 24.1. The van der Waals surface area contributed by atoms with Gasteiger partial charge in [0.25, 0.3) is 0 Å². The number of rotatable bonds is 5. The zero-order chi connectivity index (χ0) is 12.0. The number of hydrogen-bond donors (Lipinski definition) is 1. The van der Waals surface area contributed by atoms with Gasteiger partial charge in [-0.05, 0) is 32.2 Å². The second-order valence-corrected chi connectivity index (χ2v) is 4.83. The van der Waals surface area contributed by atoms with Crippen molar-refractivity contribution in [2.24, 2.45) is 5.92 Å². The van der Waals surface area contributed by atoms with Crippen LogP contribution in [0.4, 0.5) is 0 Å². The van der Waals surface area contributed by atoms with Crippen LogP contribution in [0.3, 0.4) is 0 Å². The third-order valence-electron chi connectivity index (χ3n) is 3.18. The Kier molecular flexibility index (Phi) is 5.77. The first-order valence-electron chi connectivity index (χ1n) is 6.13. The molecule has 1 heterocycles. The summed E-state index contributed by atoms with van der Waals surface area (Å²) in [6.45, 7) is 7.65. The van der Waals surface area contributed by atoms with Crippen LogP contribution in [-0.4, -0.2) is 50.2 Å². The third kappa shape index (κ3) is 4.49. The number of piperidine rings is 1. The third-order valence-corrected chi connectivity index (χ3v) is 3.18. The Morgan fingerprint density at radius 2 is 2.38 bits per heavy atom. The molecule has 0 radical (unpaired) electrons. The molecule has 0 bridgehead atoms. The molecule has 2 atom stereocenters. The summed E-state index contributed by atoms with van der Waals surface area (Å²) in [6.07, 6.45) is 2.61. The molecule has 0 aromatic carbocycles. The van der Waals surface area contributed by atoms with Crippen molar-refractivity contribution in [1.29, 1.82) is 0 Å². The fourth-order valence-electron chi connectivity index (χ4n) is 2.20. The van der Waals surface area contributed by atoms with E-state index >= 15 is 0 Å². The molecule has 0 aliphatic carbocycles. The van der Waals surface area contributed by atoms with Crippen molar-refractivity contribution in [3.05, 3.63) is 0 Å². The minimum Gasteiger partial charge on any atom is -0.375 e. The molecule has 1 aliphatic heterocycles. The van der Waals surface area contributed by atoms with Crippen LogP contribution in [0.1, 0.15) is 26.7 Å². The van der Waals surface area contributed by atoms with Crippen molar-refractivity contribution in [2.75, 3.05) is 33.4 Å². The van der Waals surface area contributed by atoms with Gasteiger partial charge in [0.05, 0.1) is 0 Å². The van der Waals surface area contributed by atoms with E-state index in [1.807, 2.05) is 0 Å². The van der Waals surface area contributed by atoms with Gasteiger partial charge in [-0.25, -0.2) is 0 Å². The van der Waals surface area contributed by atoms with Crippen LogP contribution >= 0.6 is 0 Å². The number of carbonyl (C=O) groups excluding carboxylic acids is 1. The summed E-state index contributed by atoms with van der Waals surface area (Å²) in [5, 5.41) is 2.89. The minimum absolute atomic E-state index is 0.0283. The first-order valence-corrected chi connectivity index (χ1v) is 6.13. The van der Waals surface area contributed by atoms with E-state index in [9.17, 15) is 4.79 Å². The Hall–Kier alpha value is -0.610. The van der Waals surface area contributed by atoms with Gasteiger partial charge in [-0.15, -0.1) is 0 Å². The predicted molar refractivity (Wildman–Crippen MR) is 64.3 cm³/mol. The quantitative estimate of drug-likeness (QED) is 0.759. The van der Waals surface area contributed by atoms with Crippen LogP contribution in [0.2, 0.25) is 0 Å². The monoisotopic (exact) mass is 228 g/mol. The number of likely N-dealkylation sites (tertiary alicyclic amines) is 1. The van der Waals surface area contributed by atoms with E-state index in [4.69, 9.17) is 4.74 Å². The molecule has 94 valence electrons. The van der Waals surface area contributed by atoms with E-state index in [0.29, 0.717) is 6.04 Å². The Morgan fingerprint density at radius 1 is 1.62 bits per heavy atom. The van der Waals surface area contributed by atoms with E-state index in [0.717, 1.165) is 25.6 Å². The topological polar surface area (TPSA) is 41.6 Å². The highest BCUT2D eigenvalue weighted by atomic mass is 16.5. The molecule has 1 saturated heterocycles. The van der Waals surface area contributed by atoms with Gasteiger partial charge in [-0.1, -0.05) is 6.92 Å². The van der Waals surface area contributed by atoms with Gasteiger partial charge in [-0.3, -0.25) is 9.69 Å². The number of hydrogen-bond acceptors (Lipinski definition) is 3. The van der Waals surface area contributed by atoms with Gasteiger partial charge in [0.15, 0.2) is 0 Å². The smallest absolute Gasteiger partial charge is 0.246 e. The fraction of sp³-hybridized carbons (Fsp3) is 0.917. The Balaban J connectivity index is 2.23.